The fourth-order valence-corrected chi connectivity index (χ4v) is 3.02. The largest absolute Gasteiger partial charge is 0.360 e. The van der Waals surface area contributed by atoms with Gasteiger partial charge >= 0.3 is 0 Å². The number of hydrogen-bond acceptors (Lipinski definition) is 1. The molecule has 100 valence electrons. The molecule has 5 heteroatoms. The molecule has 0 fully saturated rings. The van der Waals surface area contributed by atoms with Gasteiger partial charge in [0.15, 0.2) is 5.78 Å². The van der Waals surface area contributed by atoms with Crippen molar-refractivity contribution < 1.29 is 4.79 Å². The molecule has 0 saturated carbocycles. The molecule has 0 amide bonds. The first-order valence-electron chi connectivity index (χ1n) is 5.82. The highest BCUT2D eigenvalue weighted by molar-refractivity contribution is 14.1. The molecule has 0 radical (unpaired) electrons. The topological polar surface area (TPSA) is 32.9 Å². The molecule has 0 saturated heterocycles. The number of fused-ring (bicyclic) bond motifs is 1. The number of aromatic amines is 1. The van der Waals surface area contributed by atoms with Crippen LogP contribution in [0.15, 0.2) is 42.6 Å². The maximum Gasteiger partial charge on any atom is 0.196 e. The summed E-state index contributed by atoms with van der Waals surface area (Å²) < 4.78 is 0.869. The summed E-state index contributed by atoms with van der Waals surface area (Å²) in [5.41, 5.74) is 2.08. The van der Waals surface area contributed by atoms with Gasteiger partial charge in [0, 0.05) is 41.8 Å². The maximum absolute atomic E-state index is 12.7. The van der Waals surface area contributed by atoms with E-state index in [0.717, 1.165) is 14.5 Å². The Balaban J connectivity index is 2.17. The first-order chi connectivity index (χ1) is 9.56. The van der Waals surface area contributed by atoms with Gasteiger partial charge in [0.05, 0.1) is 0 Å². The van der Waals surface area contributed by atoms with Gasteiger partial charge in [-0.1, -0.05) is 23.2 Å². The van der Waals surface area contributed by atoms with Crippen LogP contribution in [0.2, 0.25) is 10.0 Å². The molecule has 20 heavy (non-hydrogen) atoms. The first-order valence-corrected chi connectivity index (χ1v) is 7.66. The Labute approximate surface area is 139 Å². The number of benzene rings is 2. The van der Waals surface area contributed by atoms with E-state index >= 15 is 0 Å². The predicted molar refractivity (Wildman–Crippen MR) is 90.9 cm³/mol. The second-order valence-electron chi connectivity index (χ2n) is 4.35. The lowest BCUT2D eigenvalue weighted by molar-refractivity contribution is 0.103. The highest BCUT2D eigenvalue weighted by Gasteiger charge is 2.17. The zero-order valence-electron chi connectivity index (χ0n) is 10.1. The Morgan fingerprint density at radius 3 is 2.50 bits per heavy atom. The number of halogens is 3. The van der Waals surface area contributed by atoms with E-state index in [2.05, 4.69) is 27.6 Å². The van der Waals surface area contributed by atoms with Crippen LogP contribution >= 0.6 is 45.8 Å². The van der Waals surface area contributed by atoms with E-state index in [1.54, 1.807) is 30.5 Å². The lowest BCUT2D eigenvalue weighted by Crippen LogP contribution is -2.03. The first kappa shape index (κ1) is 13.9. The number of hydrogen-bond donors (Lipinski definition) is 1. The summed E-state index contributed by atoms with van der Waals surface area (Å²) in [7, 11) is 0. The third kappa shape index (κ3) is 2.45. The van der Waals surface area contributed by atoms with Crippen LogP contribution in [0.3, 0.4) is 0 Å². The van der Waals surface area contributed by atoms with Crippen molar-refractivity contribution in [1.82, 2.24) is 4.98 Å². The van der Waals surface area contributed by atoms with Crippen LogP contribution in [0, 0.1) is 3.57 Å². The Kier molecular flexibility index (Phi) is 3.75. The average molecular weight is 416 g/mol. The van der Waals surface area contributed by atoms with Gasteiger partial charge in [0.2, 0.25) is 0 Å². The third-order valence-electron chi connectivity index (χ3n) is 3.06. The molecule has 0 atom stereocenters. The van der Waals surface area contributed by atoms with E-state index in [1.165, 1.54) is 0 Å². The predicted octanol–water partition coefficient (Wildman–Crippen LogP) is 5.31. The molecular weight excluding hydrogens is 408 g/mol. The van der Waals surface area contributed by atoms with Crippen LogP contribution in [0.1, 0.15) is 15.9 Å². The number of H-pyrrole nitrogens is 1. The highest BCUT2D eigenvalue weighted by Crippen LogP contribution is 2.27. The average Bonchev–Trinajstić information content (AvgIpc) is 2.83. The van der Waals surface area contributed by atoms with Crippen molar-refractivity contribution in [3.63, 3.8) is 0 Å². The lowest BCUT2D eigenvalue weighted by atomic mass is 10.0. The second kappa shape index (κ2) is 5.39. The molecular formula is C15H8Cl2INO. The summed E-state index contributed by atoms with van der Waals surface area (Å²) in [4.78, 5) is 15.8. The van der Waals surface area contributed by atoms with Crippen molar-refractivity contribution in [2.45, 2.75) is 0 Å². The van der Waals surface area contributed by atoms with E-state index < -0.39 is 0 Å². The van der Waals surface area contributed by atoms with Gasteiger partial charge in [0.1, 0.15) is 0 Å². The summed E-state index contributed by atoms with van der Waals surface area (Å²) >= 11 is 14.1. The minimum atomic E-state index is -0.0644. The number of aromatic nitrogens is 1. The molecule has 0 aliphatic rings. The molecule has 0 aliphatic heterocycles. The Morgan fingerprint density at radius 2 is 1.70 bits per heavy atom. The molecule has 0 unspecified atom stereocenters. The number of carbonyl (C=O) groups is 1. The Bertz CT molecular complexity index is 826. The van der Waals surface area contributed by atoms with E-state index in [4.69, 9.17) is 23.2 Å². The minimum absolute atomic E-state index is 0.0644. The fraction of sp³-hybridized carbons (Fsp3) is 0. The molecule has 2 aromatic carbocycles. The Morgan fingerprint density at radius 1 is 1.00 bits per heavy atom. The number of carbonyl (C=O) groups excluding carboxylic acids is 1. The number of rotatable bonds is 2. The van der Waals surface area contributed by atoms with Gasteiger partial charge in [-0.25, -0.2) is 0 Å². The molecule has 3 rings (SSSR count). The van der Waals surface area contributed by atoms with Crippen LogP contribution in [0.5, 0.6) is 0 Å². The van der Waals surface area contributed by atoms with Crippen LogP contribution < -0.4 is 0 Å². The molecule has 1 N–H and O–H groups in total. The molecule has 0 aliphatic carbocycles. The molecule has 0 spiro atoms. The van der Waals surface area contributed by atoms with E-state index in [1.807, 2.05) is 12.1 Å². The molecule has 0 bridgehead atoms. The Hall–Kier alpha value is -1.04. The normalized spacial score (nSPS) is 10.9. The van der Waals surface area contributed by atoms with Crippen LogP contribution in [0.4, 0.5) is 0 Å². The number of ketones is 1. The van der Waals surface area contributed by atoms with Crippen LogP contribution in [-0.2, 0) is 0 Å². The second-order valence-corrected chi connectivity index (χ2v) is 6.38. The van der Waals surface area contributed by atoms with E-state index in [0.29, 0.717) is 21.2 Å². The quantitative estimate of drug-likeness (QED) is 0.446. The van der Waals surface area contributed by atoms with Crippen LogP contribution in [0.25, 0.3) is 10.9 Å². The van der Waals surface area contributed by atoms with Crippen molar-refractivity contribution in [2.24, 2.45) is 0 Å². The fourth-order valence-electron chi connectivity index (χ4n) is 2.10. The zero-order valence-corrected chi connectivity index (χ0v) is 13.8. The van der Waals surface area contributed by atoms with Gasteiger partial charge in [-0.05, 0) is 59.0 Å². The number of nitrogens with one attached hydrogen (secondary N) is 1. The summed E-state index contributed by atoms with van der Waals surface area (Å²) in [6.07, 6.45) is 1.71. The van der Waals surface area contributed by atoms with Gasteiger partial charge in [0.25, 0.3) is 0 Å². The van der Waals surface area contributed by atoms with Crippen LogP contribution in [-0.4, -0.2) is 10.8 Å². The molecule has 1 aromatic heterocycles. The molecule has 3 aromatic rings. The van der Waals surface area contributed by atoms with Crippen molar-refractivity contribution in [2.75, 3.05) is 0 Å². The summed E-state index contributed by atoms with van der Waals surface area (Å²) in [6, 6.07) is 10.7. The van der Waals surface area contributed by atoms with Crippen molar-refractivity contribution >= 4 is 62.5 Å². The van der Waals surface area contributed by atoms with E-state index in [9.17, 15) is 4.79 Å². The standard InChI is InChI=1S/C15H8Cl2INO/c16-8-1-3-13(18)11(6-8)15(20)12-7-19-14-4-2-9(17)5-10(12)14/h1-7,19H. The molecule has 2 nitrogen and oxygen atoms in total. The van der Waals surface area contributed by atoms with E-state index in [-0.39, 0.29) is 5.78 Å². The lowest BCUT2D eigenvalue weighted by Gasteiger charge is -2.04. The summed E-state index contributed by atoms with van der Waals surface area (Å²) in [6.45, 7) is 0. The van der Waals surface area contributed by atoms with Gasteiger partial charge in [-0.3, -0.25) is 4.79 Å². The molecule has 1 heterocycles. The summed E-state index contributed by atoms with van der Waals surface area (Å²) in [5.74, 6) is -0.0644. The zero-order chi connectivity index (χ0) is 14.3. The van der Waals surface area contributed by atoms with Crippen molar-refractivity contribution in [3.8, 4) is 0 Å². The van der Waals surface area contributed by atoms with Gasteiger partial charge in [-0.15, -0.1) is 0 Å². The van der Waals surface area contributed by atoms with Crippen molar-refractivity contribution in [3.05, 3.63) is 67.3 Å². The monoisotopic (exact) mass is 415 g/mol. The van der Waals surface area contributed by atoms with Crippen molar-refractivity contribution in [1.29, 1.82) is 0 Å². The minimum Gasteiger partial charge on any atom is -0.360 e. The highest BCUT2D eigenvalue weighted by atomic mass is 127. The maximum atomic E-state index is 12.7. The third-order valence-corrected chi connectivity index (χ3v) is 4.47. The SMILES string of the molecule is O=C(c1cc(Cl)ccc1I)c1c[nH]c2ccc(Cl)cc12. The van der Waals surface area contributed by atoms with Gasteiger partial charge < -0.3 is 4.98 Å². The summed E-state index contributed by atoms with van der Waals surface area (Å²) in [5, 5.41) is 1.97. The van der Waals surface area contributed by atoms with Gasteiger partial charge in [-0.2, -0.15) is 0 Å². The smallest absolute Gasteiger partial charge is 0.196 e.